The Hall–Kier alpha value is -0.300. The molecule has 0 aromatic carbocycles. The second kappa shape index (κ2) is 4.69. The van der Waals surface area contributed by atoms with Crippen LogP contribution in [-0.4, -0.2) is 28.1 Å². The first-order chi connectivity index (χ1) is 7.20. The Morgan fingerprint density at radius 3 is 2.67 bits per heavy atom. The van der Waals surface area contributed by atoms with Crippen LogP contribution in [0.4, 0.5) is 0 Å². The zero-order valence-corrected chi connectivity index (χ0v) is 10.8. The van der Waals surface area contributed by atoms with Crippen LogP contribution < -0.4 is 4.74 Å². The van der Waals surface area contributed by atoms with Crippen molar-refractivity contribution in [2.24, 2.45) is 0 Å². The molecule has 1 aromatic rings. The maximum atomic E-state index is 9.42. The number of ether oxygens (including phenoxy) is 1. The lowest BCUT2D eigenvalue weighted by molar-refractivity contribution is 0.107. The van der Waals surface area contributed by atoms with Gasteiger partial charge in [0.25, 0.3) is 0 Å². The highest BCUT2D eigenvalue weighted by Crippen LogP contribution is 2.30. The summed E-state index contributed by atoms with van der Waals surface area (Å²) in [6.45, 7) is 0. The van der Waals surface area contributed by atoms with Gasteiger partial charge in [-0.15, -0.1) is 5.10 Å². The zero-order chi connectivity index (χ0) is 10.8. The van der Waals surface area contributed by atoms with Crippen LogP contribution in [0.1, 0.15) is 31.7 Å². The van der Waals surface area contributed by atoms with Gasteiger partial charge in [-0.1, -0.05) is 0 Å². The van der Waals surface area contributed by atoms with Crippen LogP contribution in [0.3, 0.4) is 0 Å². The molecular formula is C10H15IN2O2. The molecule has 15 heavy (non-hydrogen) atoms. The van der Waals surface area contributed by atoms with Crippen molar-refractivity contribution in [1.82, 2.24) is 9.78 Å². The van der Waals surface area contributed by atoms with Gasteiger partial charge in [0.2, 0.25) is 5.88 Å². The summed E-state index contributed by atoms with van der Waals surface area (Å²) < 4.78 is 8.17. The molecule has 0 aliphatic heterocycles. The number of methoxy groups -OCH3 is 1. The maximum Gasteiger partial charge on any atom is 0.246 e. The van der Waals surface area contributed by atoms with Crippen molar-refractivity contribution >= 4 is 22.6 Å². The van der Waals surface area contributed by atoms with Crippen molar-refractivity contribution in [3.63, 3.8) is 0 Å². The predicted octanol–water partition coefficient (Wildman–Crippen LogP) is 1.97. The number of nitrogens with zero attached hydrogens (tertiary/aromatic N) is 2. The molecule has 1 N–H and O–H groups in total. The molecule has 4 nitrogen and oxygen atoms in total. The van der Waals surface area contributed by atoms with Gasteiger partial charge in [-0.25, -0.2) is 0 Å². The van der Waals surface area contributed by atoms with Crippen LogP contribution in [0, 0.1) is 3.57 Å². The van der Waals surface area contributed by atoms with Gasteiger partial charge in [-0.3, -0.25) is 4.68 Å². The number of hydrogen-bond donors (Lipinski definition) is 1. The average Bonchev–Trinajstić information content (AvgIpc) is 2.61. The Morgan fingerprint density at radius 2 is 2.13 bits per heavy atom. The lowest BCUT2D eigenvalue weighted by atomic mass is 9.93. The van der Waals surface area contributed by atoms with Crippen molar-refractivity contribution in [2.75, 3.05) is 7.11 Å². The summed E-state index contributed by atoms with van der Waals surface area (Å²) in [5.41, 5.74) is 0. The molecule has 1 fully saturated rings. The monoisotopic (exact) mass is 322 g/mol. The van der Waals surface area contributed by atoms with Gasteiger partial charge in [-0.05, 0) is 48.3 Å². The highest BCUT2D eigenvalue weighted by Gasteiger charge is 2.22. The van der Waals surface area contributed by atoms with Crippen LogP contribution in [-0.2, 0) is 0 Å². The van der Waals surface area contributed by atoms with Gasteiger partial charge in [0.1, 0.15) is 0 Å². The number of halogens is 1. The van der Waals surface area contributed by atoms with E-state index in [1.807, 2.05) is 10.9 Å². The van der Waals surface area contributed by atoms with E-state index in [1.165, 1.54) is 0 Å². The molecule has 2 rings (SSSR count). The molecule has 5 heteroatoms. The molecular weight excluding hydrogens is 307 g/mol. The molecule has 0 spiro atoms. The summed E-state index contributed by atoms with van der Waals surface area (Å²) in [5, 5.41) is 13.8. The molecule has 0 saturated heterocycles. The van der Waals surface area contributed by atoms with Crippen molar-refractivity contribution in [1.29, 1.82) is 0 Å². The van der Waals surface area contributed by atoms with E-state index in [-0.39, 0.29) is 6.10 Å². The largest absolute Gasteiger partial charge is 0.479 e. The van der Waals surface area contributed by atoms with Gasteiger partial charge in [-0.2, -0.15) is 0 Å². The van der Waals surface area contributed by atoms with E-state index in [0.717, 1.165) is 29.3 Å². The van der Waals surface area contributed by atoms with Crippen molar-refractivity contribution in [3.05, 3.63) is 9.77 Å². The zero-order valence-electron chi connectivity index (χ0n) is 8.69. The van der Waals surface area contributed by atoms with Crippen LogP contribution in [0.15, 0.2) is 6.20 Å². The highest BCUT2D eigenvalue weighted by atomic mass is 127. The average molecular weight is 322 g/mol. The van der Waals surface area contributed by atoms with Gasteiger partial charge >= 0.3 is 0 Å². The van der Waals surface area contributed by atoms with E-state index in [1.54, 1.807) is 7.11 Å². The van der Waals surface area contributed by atoms with Crippen LogP contribution in [0.5, 0.6) is 5.88 Å². The third-order valence-electron chi connectivity index (χ3n) is 2.89. The Labute approximate surface area is 103 Å². The lowest BCUT2D eigenvalue weighted by Gasteiger charge is -2.25. The van der Waals surface area contributed by atoms with Crippen molar-refractivity contribution in [2.45, 2.75) is 37.8 Å². The van der Waals surface area contributed by atoms with E-state index < -0.39 is 0 Å². The topological polar surface area (TPSA) is 47.3 Å². The molecule has 1 aromatic heterocycles. The molecule has 1 saturated carbocycles. The van der Waals surface area contributed by atoms with Crippen LogP contribution in [0.25, 0.3) is 0 Å². The van der Waals surface area contributed by atoms with E-state index in [9.17, 15) is 5.11 Å². The molecule has 1 aliphatic carbocycles. The highest BCUT2D eigenvalue weighted by molar-refractivity contribution is 14.1. The van der Waals surface area contributed by atoms with E-state index in [4.69, 9.17) is 4.74 Å². The first kappa shape index (κ1) is 11.2. The lowest BCUT2D eigenvalue weighted by Crippen LogP contribution is -2.21. The minimum absolute atomic E-state index is 0.113. The fourth-order valence-corrected chi connectivity index (χ4v) is 2.61. The van der Waals surface area contributed by atoms with Gasteiger partial charge in [0.15, 0.2) is 0 Å². The molecule has 0 unspecified atom stereocenters. The third kappa shape index (κ3) is 2.44. The van der Waals surface area contributed by atoms with Gasteiger partial charge < -0.3 is 9.84 Å². The van der Waals surface area contributed by atoms with E-state index in [0.29, 0.717) is 11.9 Å². The number of hydrogen-bond acceptors (Lipinski definition) is 3. The Balaban J connectivity index is 2.09. The van der Waals surface area contributed by atoms with Gasteiger partial charge in [0, 0.05) is 6.20 Å². The quantitative estimate of drug-likeness (QED) is 0.847. The number of aliphatic hydroxyl groups is 1. The normalized spacial score (nSPS) is 26.6. The van der Waals surface area contributed by atoms with Crippen LogP contribution >= 0.6 is 22.6 Å². The van der Waals surface area contributed by atoms with E-state index in [2.05, 4.69) is 27.7 Å². The standard InChI is InChI=1S/C10H15IN2O2/c1-15-10-9(11)6-13(12-10)7-2-4-8(14)5-3-7/h6-8,14H,2-5H2,1H3/t7-,8-. The second-order valence-electron chi connectivity index (χ2n) is 3.93. The minimum atomic E-state index is -0.113. The first-order valence-electron chi connectivity index (χ1n) is 5.17. The Kier molecular flexibility index (Phi) is 3.50. The smallest absolute Gasteiger partial charge is 0.246 e. The molecule has 1 aliphatic rings. The Morgan fingerprint density at radius 1 is 1.47 bits per heavy atom. The summed E-state index contributed by atoms with van der Waals surface area (Å²) >= 11 is 2.22. The third-order valence-corrected chi connectivity index (χ3v) is 3.63. The van der Waals surface area contributed by atoms with Crippen molar-refractivity contribution in [3.8, 4) is 5.88 Å². The second-order valence-corrected chi connectivity index (χ2v) is 5.09. The van der Waals surface area contributed by atoms with Crippen LogP contribution in [0.2, 0.25) is 0 Å². The molecule has 84 valence electrons. The fraction of sp³-hybridized carbons (Fsp3) is 0.700. The molecule has 0 radical (unpaired) electrons. The fourth-order valence-electron chi connectivity index (χ4n) is 2.00. The summed E-state index contributed by atoms with van der Waals surface area (Å²) in [6, 6.07) is 0.422. The minimum Gasteiger partial charge on any atom is -0.479 e. The van der Waals surface area contributed by atoms with Gasteiger partial charge in [0.05, 0.1) is 22.8 Å². The maximum absolute atomic E-state index is 9.42. The number of aromatic nitrogens is 2. The summed E-state index contributed by atoms with van der Waals surface area (Å²) in [6.07, 6.45) is 5.66. The summed E-state index contributed by atoms with van der Waals surface area (Å²) in [7, 11) is 1.64. The van der Waals surface area contributed by atoms with E-state index >= 15 is 0 Å². The van der Waals surface area contributed by atoms with Crippen molar-refractivity contribution < 1.29 is 9.84 Å². The number of rotatable bonds is 2. The predicted molar refractivity (Wildman–Crippen MR) is 65.0 cm³/mol. The molecule has 0 bridgehead atoms. The summed E-state index contributed by atoms with van der Waals surface area (Å²) in [5.74, 6) is 0.696. The Bertz CT molecular complexity index is 332. The number of aliphatic hydroxyl groups excluding tert-OH is 1. The molecule has 1 heterocycles. The summed E-state index contributed by atoms with van der Waals surface area (Å²) in [4.78, 5) is 0. The SMILES string of the molecule is COc1nn([C@H]2CC[C@H](O)CC2)cc1I. The molecule has 0 amide bonds. The molecule has 0 atom stereocenters. The first-order valence-corrected chi connectivity index (χ1v) is 6.25.